The first-order chi connectivity index (χ1) is 17.4. The third kappa shape index (κ3) is 4.45. The number of H-pyrrole nitrogens is 1. The summed E-state index contributed by atoms with van der Waals surface area (Å²) in [6.45, 7) is 5.04. The number of pyridine rings is 2. The number of benzene rings is 1. The Morgan fingerprint density at radius 2 is 2.06 bits per heavy atom. The van der Waals surface area contributed by atoms with Crippen LogP contribution in [0.1, 0.15) is 29.4 Å². The molecular weight excluding hydrogens is 482 g/mol. The number of carbonyl (C=O) groups excluding carboxylic acids is 2. The number of hydrogen-bond acceptors (Lipinski definition) is 7. The molecule has 0 bridgehead atoms. The smallest absolute Gasteiger partial charge is 0.411 e. The Morgan fingerprint density at radius 3 is 2.83 bits per heavy atom. The highest BCUT2D eigenvalue weighted by Gasteiger charge is 2.31. The molecule has 10 nitrogen and oxygen atoms in total. The van der Waals surface area contributed by atoms with Gasteiger partial charge >= 0.3 is 6.09 Å². The van der Waals surface area contributed by atoms with E-state index in [1.165, 1.54) is 4.90 Å². The second kappa shape index (κ2) is 9.71. The maximum Gasteiger partial charge on any atom is 0.411 e. The third-order valence-electron chi connectivity index (χ3n) is 6.28. The maximum absolute atomic E-state index is 13.3. The molecule has 2 amide bonds. The Labute approximate surface area is 212 Å². The molecule has 11 heteroatoms. The summed E-state index contributed by atoms with van der Waals surface area (Å²) in [6.07, 6.45) is 1.36. The van der Waals surface area contributed by atoms with Crippen LogP contribution in [0.4, 0.5) is 4.79 Å². The maximum atomic E-state index is 13.3. The van der Waals surface area contributed by atoms with Crippen LogP contribution in [-0.4, -0.2) is 74.4 Å². The number of hydrogen-bond donors (Lipinski definition) is 2. The molecule has 0 aliphatic carbocycles. The van der Waals surface area contributed by atoms with Crippen LogP contribution in [0, 0.1) is 6.92 Å². The van der Waals surface area contributed by atoms with E-state index >= 15 is 0 Å². The molecule has 0 spiro atoms. The molecule has 5 rings (SSSR count). The fraction of sp³-hybridized carbons (Fsp3) is 0.320. The van der Waals surface area contributed by atoms with Crippen LogP contribution in [0.15, 0.2) is 36.5 Å². The fourth-order valence-electron chi connectivity index (χ4n) is 4.31. The molecule has 1 atom stereocenters. The summed E-state index contributed by atoms with van der Waals surface area (Å²) in [5, 5.41) is 9.26. The van der Waals surface area contributed by atoms with Crippen molar-refractivity contribution in [2.24, 2.45) is 5.73 Å². The van der Waals surface area contributed by atoms with Crippen LogP contribution in [0.3, 0.4) is 0 Å². The normalized spacial score (nSPS) is 16.1. The van der Waals surface area contributed by atoms with Crippen LogP contribution in [0.5, 0.6) is 0 Å². The summed E-state index contributed by atoms with van der Waals surface area (Å²) >= 11 is 6.58. The molecule has 1 aromatic carbocycles. The largest absolute Gasteiger partial charge is 0.449 e. The topological polar surface area (TPSA) is 130 Å². The molecule has 1 aliphatic rings. The number of rotatable bonds is 4. The minimum Gasteiger partial charge on any atom is -0.449 e. The molecule has 36 heavy (non-hydrogen) atoms. The summed E-state index contributed by atoms with van der Waals surface area (Å²) in [6, 6.07) is 9.01. The van der Waals surface area contributed by atoms with Crippen LogP contribution in [0.2, 0.25) is 5.02 Å². The summed E-state index contributed by atoms with van der Waals surface area (Å²) in [7, 11) is 0. The van der Waals surface area contributed by atoms with Crippen molar-refractivity contribution in [3.8, 4) is 11.3 Å². The van der Waals surface area contributed by atoms with Crippen molar-refractivity contribution in [2.75, 3.05) is 26.2 Å². The van der Waals surface area contributed by atoms with Crippen LogP contribution >= 0.6 is 11.6 Å². The van der Waals surface area contributed by atoms with E-state index in [1.54, 1.807) is 35.4 Å². The van der Waals surface area contributed by atoms with Gasteiger partial charge in [-0.25, -0.2) is 14.8 Å². The first kappa shape index (κ1) is 24.0. The Morgan fingerprint density at radius 1 is 1.22 bits per heavy atom. The quantitative estimate of drug-likeness (QED) is 0.430. The second-order valence-corrected chi connectivity index (χ2v) is 9.18. The van der Waals surface area contributed by atoms with Crippen molar-refractivity contribution in [3.05, 3.63) is 52.8 Å². The van der Waals surface area contributed by atoms with Crippen molar-refractivity contribution in [3.63, 3.8) is 0 Å². The highest BCUT2D eigenvalue weighted by molar-refractivity contribution is 6.35. The lowest BCUT2D eigenvalue weighted by atomic mass is 10.1. The third-order valence-corrected chi connectivity index (χ3v) is 6.59. The number of carbonyl (C=O) groups is 2. The molecule has 0 radical (unpaired) electrons. The molecule has 3 N–H and O–H groups in total. The van der Waals surface area contributed by atoms with E-state index in [9.17, 15) is 9.59 Å². The van der Waals surface area contributed by atoms with E-state index in [1.807, 2.05) is 19.9 Å². The lowest BCUT2D eigenvalue weighted by Gasteiger charge is -2.38. The lowest BCUT2D eigenvalue weighted by Crippen LogP contribution is -2.60. The fourth-order valence-corrected chi connectivity index (χ4v) is 4.57. The van der Waals surface area contributed by atoms with Crippen LogP contribution in [0.25, 0.3) is 33.2 Å². The number of nitrogens with one attached hydrogen (secondary N) is 1. The Balaban J connectivity index is 1.40. The van der Waals surface area contributed by atoms with Gasteiger partial charge in [-0.3, -0.25) is 14.8 Å². The van der Waals surface area contributed by atoms with E-state index in [2.05, 4.69) is 15.2 Å². The molecule has 3 aromatic heterocycles. The summed E-state index contributed by atoms with van der Waals surface area (Å²) in [5.74, 6) is -0.186. The Kier molecular flexibility index (Phi) is 6.46. The number of halogens is 1. The first-order valence-electron chi connectivity index (χ1n) is 11.8. The van der Waals surface area contributed by atoms with Crippen molar-refractivity contribution in [2.45, 2.75) is 26.4 Å². The van der Waals surface area contributed by atoms with Crippen LogP contribution in [-0.2, 0) is 4.74 Å². The SMILES string of the molecule is CCCOC(=O)N1CCN(C(=O)c2ccc3c(Cl)cc(-c4cnc5[nH]nc(C)c5c4)nc3c2)C[C@H]1N. The molecule has 4 aromatic rings. The minimum atomic E-state index is -0.638. The van der Waals surface area contributed by atoms with Gasteiger partial charge in [-0.2, -0.15) is 5.10 Å². The number of nitrogens with zero attached hydrogens (tertiary/aromatic N) is 5. The molecule has 186 valence electrons. The average molecular weight is 508 g/mol. The number of aromatic nitrogens is 4. The van der Waals surface area contributed by atoms with E-state index in [0.717, 1.165) is 28.5 Å². The number of aromatic amines is 1. The minimum absolute atomic E-state index is 0.186. The number of fused-ring (bicyclic) bond motifs is 2. The summed E-state index contributed by atoms with van der Waals surface area (Å²) in [4.78, 5) is 37.8. The molecule has 0 unspecified atom stereocenters. The molecule has 1 fully saturated rings. The van der Waals surface area contributed by atoms with Gasteiger partial charge in [0.25, 0.3) is 5.91 Å². The predicted molar refractivity (Wildman–Crippen MR) is 137 cm³/mol. The molecule has 4 heterocycles. The predicted octanol–water partition coefficient (Wildman–Crippen LogP) is 3.72. The number of amides is 2. The number of aryl methyl sites for hydroxylation is 1. The average Bonchev–Trinajstić information content (AvgIpc) is 3.26. The van der Waals surface area contributed by atoms with E-state index in [4.69, 9.17) is 27.1 Å². The van der Waals surface area contributed by atoms with Crippen molar-refractivity contribution in [1.29, 1.82) is 0 Å². The standard InChI is InChI=1S/C25H26ClN7O3/c1-3-8-36-25(35)33-7-6-32(13-22(33)27)24(34)15-4-5-17-19(26)11-20(29-21(17)10-15)16-9-18-14(2)30-31-23(18)28-12-16/h4-5,9-12,22H,3,6-8,13,27H2,1-2H3,(H,28,30,31)/t22-/m0/s1. The number of nitrogens with two attached hydrogens (primary N) is 1. The van der Waals surface area contributed by atoms with Gasteiger partial charge in [-0.15, -0.1) is 0 Å². The second-order valence-electron chi connectivity index (χ2n) is 8.78. The van der Waals surface area contributed by atoms with E-state index in [0.29, 0.717) is 47.1 Å². The van der Waals surface area contributed by atoms with Gasteiger partial charge < -0.3 is 15.4 Å². The summed E-state index contributed by atoms with van der Waals surface area (Å²) < 4.78 is 5.19. The van der Waals surface area contributed by atoms with E-state index in [-0.39, 0.29) is 12.5 Å². The van der Waals surface area contributed by atoms with Crippen molar-refractivity contribution in [1.82, 2.24) is 30.0 Å². The monoisotopic (exact) mass is 507 g/mol. The zero-order chi connectivity index (χ0) is 25.4. The molecule has 1 aliphatic heterocycles. The van der Waals surface area contributed by atoms with E-state index < -0.39 is 12.3 Å². The lowest BCUT2D eigenvalue weighted by molar-refractivity contribution is 0.0390. The van der Waals surface area contributed by atoms with Crippen molar-refractivity contribution >= 4 is 45.5 Å². The van der Waals surface area contributed by atoms with Crippen LogP contribution < -0.4 is 5.73 Å². The van der Waals surface area contributed by atoms with Gasteiger partial charge in [0.2, 0.25) is 0 Å². The zero-order valence-corrected chi connectivity index (χ0v) is 20.7. The van der Waals surface area contributed by atoms with Gasteiger partial charge in [0.15, 0.2) is 5.65 Å². The van der Waals surface area contributed by atoms with Gasteiger partial charge in [-0.1, -0.05) is 24.6 Å². The van der Waals surface area contributed by atoms with Gasteiger partial charge in [0, 0.05) is 41.2 Å². The Hall–Kier alpha value is -3.76. The van der Waals surface area contributed by atoms with Crippen molar-refractivity contribution < 1.29 is 14.3 Å². The number of piperazine rings is 1. The molecular formula is C25H26ClN7O3. The molecule has 1 saturated heterocycles. The van der Waals surface area contributed by atoms with Gasteiger partial charge in [-0.05, 0) is 37.6 Å². The number of ether oxygens (including phenoxy) is 1. The Bertz CT molecular complexity index is 1470. The van der Waals surface area contributed by atoms with Gasteiger partial charge in [0.05, 0.1) is 35.1 Å². The summed E-state index contributed by atoms with van der Waals surface area (Å²) in [5.41, 5.74) is 10.2. The highest BCUT2D eigenvalue weighted by atomic mass is 35.5. The first-order valence-corrected chi connectivity index (χ1v) is 12.1. The zero-order valence-electron chi connectivity index (χ0n) is 20.0. The highest BCUT2D eigenvalue weighted by Crippen LogP contribution is 2.30. The van der Waals surface area contributed by atoms with Gasteiger partial charge in [0.1, 0.15) is 6.17 Å². The molecule has 0 saturated carbocycles.